The predicted octanol–water partition coefficient (Wildman–Crippen LogP) is 0.588. The maximum Gasteiger partial charge on any atom is 0.250 e. The molecule has 5 nitrogen and oxygen atoms in total. The summed E-state index contributed by atoms with van der Waals surface area (Å²) in [6.07, 6.45) is 2.95. The van der Waals surface area contributed by atoms with Crippen LogP contribution in [0.1, 0.15) is 16.1 Å². The van der Waals surface area contributed by atoms with Gasteiger partial charge in [-0.15, -0.1) is 0 Å². The molecular formula is C11H10N2O3. The van der Waals surface area contributed by atoms with E-state index in [1.54, 1.807) is 12.1 Å². The number of amides is 1. The first-order valence-corrected chi connectivity index (χ1v) is 4.69. The van der Waals surface area contributed by atoms with Crippen molar-refractivity contribution in [1.82, 2.24) is 4.57 Å². The molecule has 0 spiro atoms. The molecule has 0 radical (unpaired) electrons. The van der Waals surface area contributed by atoms with Gasteiger partial charge in [-0.2, -0.15) is 0 Å². The summed E-state index contributed by atoms with van der Waals surface area (Å²) >= 11 is 0. The zero-order chi connectivity index (χ0) is 11.5. The van der Waals surface area contributed by atoms with Crippen LogP contribution in [0.25, 0.3) is 0 Å². The van der Waals surface area contributed by atoms with Gasteiger partial charge in [0.25, 0.3) is 5.56 Å². The number of hydrogen-bond donors (Lipinski definition) is 1. The van der Waals surface area contributed by atoms with E-state index < -0.39 is 5.91 Å². The molecule has 2 aromatic heterocycles. The van der Waals surface area contributed by atoms with Crippen LogP contribution < -0.4 is 11.3 Å². The van der Waals surface area contributed by atoms with Crippen molar-refractivity contribution in [3.8, 4) is 0 Å². The van der Waals surface area contributed by atoms with Gasteiger partial charge in [0, 0.05) is 12.3 Å². The number of primary amides is 1. The second-order valence-electron chi connectivity index (χ2n) is 3.33. The van der Waals surface area contributed by atoms with E-state index in [4.69, 9.17) is 10.2 Å². The first kappa shape index (κ1) is 10.2. The topological polar surface area (TPSA) is 78.2 Å². The number of carbonyl (C=O) groups excluding carboxylic acids is 1. The normalized spacial score (nSPS) is 10.2. The Morgan fingerprint density at radius 1 is 1.38 bits per heavy atom. The molecule has 1 amide bonds. The number of nitrogens with zero attached hydrogens (tertiary/aromatic N) is 1. The summed E-state index contributed by atoms with van der Waals surface area (Å²) in [5.41, 5.74) is 5.22. The lowest BCUT2D eigenvalue weighted by atomic mass is 10.2. The van der Waals surface area contributed by atoms with Crippen molar-refractivity contribution in [1.29, 1.82) is 0 Å². The average Bonchev–Trinajstić information content (AvgIpc) is 2.73. The molecule has 0 aliphatic carbocycles. The van der Waals surface area contributed by atoms with Gasteiger partial charge in [-0.05, 0) is 18.2 Å². The first-order valence-electron chi connectivity index (χ1n) is 4.69. The van der Waals surface area contributed by atoms with E-state index in [9.17, 15) is 9.59 Å². The standard InChI is InChI=1S/C11H10N2O3/c12-11(15)8-3-4-10(14)13(6-8)7-9-2-1-5-16-9/h1-6H,7H2,(H2,12,15). The molecule has 82 valence electrons. The molecule has 0 saturated heterocycles. The predicted molar refractivity (Wildman–Crippen MR) is 57.0 cm³/mol. The minimum Gasteiger partial charge on any atom is -0.467 e. The van der Waals surface area contributed by atoms with Gasteiger partial charge in [0.15, 0.2) is 0 Å². The summed E-state index contributed by atoms with van der Waals surface area (Å²) < 4.78 is 6.49. The maximum absolute atomic E-state index is 11.5. The molecule has 2 heterocycles. The SMILES string of the molecule is NC(=O)c1ccc(=O)n(Cc2ccco2)c1. The Labute approximate surface area is 91.1 Å². The van der Waals surface area contributed by atoms with Gasteiger partial charge < -0.3 is 14.7 Å². The van der Waals surface area contributed by atoms with Crippen LogP contribution in [0.5, 0.6) is 0 Å². The van der Waals surface area contributed by atoms with Crippen LogP contribution in [0.4, 0.5) is 0 Å². The van der Waals surface area contributed by atoms with Crippen molar-refractivity contribution < 1.29 is 9.21 Å². The summed E-state index contributed by atoms with van der Waals surface area (Å²) in [5, 5.41) is 0. The van der Waals surface area contributed by atoms with Crippen LogP contribution in [-0.4, -0.2) is 10.5 Å². The molecule has 0 bridgehead atoms. The van der Waals surface area contributed by atoms with Gasteiger partial charge >= 0.3 is 0 Å². The number of hydrogen-bond acceptors (Lipinski definition) is 3. The molecule has 0 aliphatic heterocycles. The van der Waals surface area contributed by atoms with E-state index in [0.29, 0.717) is 11.3 Å². The van der Waals surface area contributed by atoms with Crippen LogP contribution >= 0.6 is 0 Å². The minimum absolute atomic E-state index is 0.207. The van der Waals surface area contributed by atoms with Crippen LogP contribution in [0.2, 0.25) is 0 Å². The zero-order valence-corrected chi connectivity index (χ0v) is 8.42. The van der Waals surface area contributed by atoms with E-state index >= 15 is 0 Å². The van der Waals surface area contributed by atoms with Crippen LogP contribution in [0, 0.1) is 0 Å². The lowest BCUT2D eigenvalue weighted by molar-refractivity contribution is 0.0999. The number of furan rings is 1. The van der Waals surface area contributed by atoms with Gasteiger partial charge in [-0.3, -0.25) is 9.59 Å². The van der Waals surface area contributed by atoms with Crippen molar-refractivity contribution >= 4 is 5.91 Å². The summed E-state index contributed by atoms with van der Waals surface area (Å²) in [4.78, 5) is 22.4. The van der Waals surface area contributed by atoms with Gasteiger partial charge in [-0.1, -0.05) is 0 Å². The molecule has 5 heteroatoms. The third-order valence-electron chi connectivity index (χ3n) is 2.17. The summed E-state index contributed by atoms with van der Waals surface area (Å²) in [6.45, 7) is 0.285. The highest BCUT2D eigenvalue weighted by molar-refractivity contribution is 5.92. The molecule has 0 aromatic carbocycles. The highest BCUT2D eigenvalue weighted by Gasteiger charge is 2.04. The molecule has 2 N–H and O–H groups in total. The smallest absolute Gasteiger partial charge is 0.250 e. The van der Waals surface area contributed by atoms with Crippen molar-refractivity contribution in [3.05, 3.63) is 58.4 Å². The molecule has 0 fully saturated rings. The molecular weight excluding hydrogens is 208 g/mol. The summed E-state index contributed by atoms with van der Waals surface area (Å²) in [5.74, 6) is 0.0805. The van der Waals surface area contributed by atoms with E-state index in [1.165, 1.54) is 29.2 Å². The van der Waals surface area contributed by atoms with E-state index in [1.807, 2.05) is 0 Å². The van der Waals surface area contributed by atoms with Gasteiger partial charge in [0.1, 0.15) is 5.76 Å². The molecule has 0 unspecified atom stereocenters. The van der Waals surface area contributed by atoms with Crippen molar-refractivity contribution in [2.75, 3.05) is 0 Å². The molecule has 2 rings (SSSR count). The van der Waals surface area contributed by atoms with Crippen molar-refractivity contribution in [2.24, 2.45) is 5.73 Å². The number of pyridine rings is 1. The number of aromatic nitrogens is 1. The van der Waals surface area contributed by atoms with Gasteiger partial charge in [0.2, 0.25) is 5.91 Å². The minimum atomic E-state index is -0.562. The van der Waals surface area contributed by atoms with Gasteiger partial charge in [0.05, 0.1) is 18.4 Å². The Bertz CT molecular complexity index is 555. The van der Waals surface area contributed by atoms with Crippen LogP contribution in [0.15, 0.2) is 45.9 Å². The van der Waals surface area contributed by atoms with Crippen molar-refractivity contribution in [2.45, 2.75) is 6.54 Å². The lowest BCUT2D eigenvalue weighted by Gasteiger charge is -2.04. The molecule has 2 aromatic rings. The second-order valence-corrected chi connectivity index (χ2v) is 3.33. The number of nitrogens with two attached hydrogens (primary N) is 1. The largest absolute Gasteiger partial charge is 0.467 e. The zero-order valence-electron chi connectivity index (χ0n) is 8.42. The third kappa shape index (κ3) is 2.03. The molecule has 0 atom stereocenters. The molecule has 0 aliphatic rings. The maximum atomic E-state index is 11.5. The number of carbonyl (C=O) groups is 1. The lowest BCUT2D eigenvalue weighted by Crippen LogP contribution is -2.22. The Balaban J connectivity index is 2.36. The highest BCUT2D eigenvalue weighted by Crippen LogP contribution is 2.02. The van der Waals surface area contributed by atoms with Gasteiger partial charge in [-0.25, -0.2) is 0 Å². The monoisotopic (exact) mass is 218 g/mol. The summed E-state index contributed by atoms with van der Waals surface area (Å²) in [6, 6.07) is 6.20. The number of rotatable bonds is 3. The third-order valence-corrected chi connectivity index (χ3v) is 2.17. The Kier molecular flexibility index (Phi) is 2.59. The fourth-order valence-electron chi connectivity index (χ4n) is 1.37. The highest BCUT2D eigenvalue weighted by atomic mass is 16.3. The van der Waals surface area contributed by atoms with Crippen molar-refractivity contribution in [3.63, 3.8) is 0 Å². The Morgan fingerprint density at radius 3 is 2.81 bits per heavy atom. The Hall–Kier alpha value is -2.30. The second kappa shape index (κ2) is 4.06. The molecule has 0 saturated carbocycles. The Morgan fingerprint density at radius 2 is 2.19 bits per heavy atom. The average molecular weight is 218 g/mol. The molecule has 16 heavy (non-hydrogen) atoms. The quantitative estimate of drug-likeness (QED) is 0.818. The summed E-state index contributed by atoms with van der Waals surface area (Å²) in [7, 11) is 0. The van der Waals surface area contributed by atoms with E-state index in [0.717, 1.165) is 0 Å². The fraction of sp³-hybridized carbons (Fsp3) is 0.0909. The van der Waals surface area contributed by atoms with Crippen LogP contribution in [0.3, 0.4) is 0 Å². The fourth-order valence-corrected chi connectivity index (χ4v) is 1.37. The van der Waals surface area contributed by atoms with E-state index in [-0.39, 0.29) is 12.1 Å². The first-order chi connectivity index (χ1) is 7.66. The van der Waals surface area contributed by atoms with E-state index in [2.05, 4.69) is 0 Å². The van der Waals surface area contributed by atoms with Crippen LogP contribution in [-0.2, 0) is 6.54 Å².